The van der Waals surface area contributed by atoms with Crippen LogP contribution in [0.3, 0.4) is 0 Å². The topological polar surface area (TPSA) is 163 Å². The molecule has 2 aromatic carbocycles. The van der Waals surface area contributed by atoms with Crippen molar-refractivity contribution in [2.75, 3.05) is 0 Å². The van der Waals surface area contributed by atoms with Crippen molar-refractivity contribution < 1.29 is 29.9 Å². The number of phenols is 4. The van der Waals surface area contributed by atoms with Gasteiger partial charge in [-0.05, 0) is 24.3 Å². The molecular weight excluding hydrogens is 322 g/mol. The van der Waals surface area contributed by atoms with E-state index in [1.165, 1.54) is 18.2 Å². The van der Waals surface area contributed by atoms with Gasteiger partial charge in [0.1, 0.15) is 0 Å². The van der Waals surface area contributed by atoms with Crippen LogP contribution in [0.25, 0.3) is 22.8 Å². The molecule has 1 heterocycles. The van der Waals surface area contributed by atoms with E-state index in [-0.39, 0.29) is 28.8 Å². The number of benzene rings is 2. The Labute approximate surface area is 133 Å². The minimum absolute atomic E-state index is 0.0266. The molecule has 3 rings (SSSR count). The van der Waals surface area contributed by atoms with Gasteiger partial charge in [-0.25, -0.2) is 0 Å². The lowest BCUT2D eigenvalue weighted by Gasteiger charge is -2.01. The summed E-state index contributed by atoms with van der Waals surface area (Å²) >= 11 is 0. The molecule has 4 N–H and O–H groups in total. The van der Waals surface area contributed by atoms with Crippen molar-refractivity contribution in [2.24, 2.45) is 0 Å². The number of hydrogen-bond donors (Lipinski definition) is 4. The molecule has 0 aliphatic heterocycles. The molecule has 10 heteroatoms. The summed E-state index contributed by atoms with van der Waals surface area (Å²) in [5, 5.41) is 52.3. The molecule has 10 nitrogen and oxygen atoms in total. The first-order valence-electron chi connectivity index (χ1n) is 6.43. The Morgan fingerprint density at radius 1 is 0.958 bits per heavy atom. The zero-order valence-electron chi connectivity index (χ0n) is 11.7. The fourth-order valence-corrected chi connectivity index (χ4v) is 1.99. The molecule has 0 unspecified atom stereocenters. The molecule has 0 bridgehead atoms. The van der Waals surface area contributed by atoms with E-state index < -0.39 is 22.1 Å². The lowest BCUT2D eigenvalue weighted by atomic mass is 10.1. The van der Waals surface area contributed by atoms with Crippen molar-refractivity contribution in [1.29, 1.82) is 0 Å². The summed E-state index contributed by atoms with van der Waals surface area (Å²) in [7, 11) is 0. The summed E-state index contributed by atoms with van der Waals surface area (Å²) in [6, 6.07) is 5.88. The molecule has 24 heavy (non-hydrogen) atoms. The van der Waals surface area contributed by atoms with Crippen LogP contribution in [-0.4, -0.2) is 35.5 Å². The Balaban J connectivity index is 2.05. The first-order chi connectivity index (χ1) is 11.4. The Morgan fingerprint density at radius 2 is 1.67 bits per heavy atom. The van der Waals surface area contributed by atoms with E-state index in [2.05, 4.69) is 10.1 Å². The highest BCUT2D eigenvalue weighted by atomic mass is 16.6. The normalized spacial score (nSPS) is 10.7. The number of aromatic hydroxyl groups is 4. The van der Waals surface area contributed by atoms with Gasteiger partial charge < -0.3 is 24.9 Å². The fourth-order valence-electron chi connectivity index (χ4n) is 1.99. The molecule has 0 amide bonds. The Hall–Kier alpha value is -3.82. The van der Waals surface area contributed by atoms with Crippen molar-refractivity contribution >= 4 is 5.69 Å². The second-order valence-corrected chi connectivity index (χ2v) is 4.75. The van der Waals surface area contributed by atoms with Crippen molar-refractivity contribution in [3.8, 4) is 45.8 Å². The third-order valence-corrected chi connectivity index (χ3v) is 3.17. The monoisotopic (exact) mass is 331 g/mol. The highest BCUT2D eigenvalue weighted by Gasteiger charge is 2.22. The number of hydrogen-bond acceptors (Lipinski definition) is 9. The Bertz CT molecular complexity index is 952. The Kier molecular flexibility index (Phi) is 3.41. The predicted molar refractivity (Wildman–Crippen MR) is 78.5 cm³/mol. The minimum Gasteiger partial charge on any atom is -0.504 e. The van der Waals surface area contributed by atoms with E-state index in [0.29, 0.717) is 5.56 Å². The average Bonchev–Trinajstić information content (AvgIpc) is 3.02. The third kappa shape index (κ3) is 2.52. The van der Waals surface area contributed by atoms with Gasteiger partial charge in [-0.1, -0.05) is 5.16 Å². The summed E-state index contributed by atoms with van der Waals surface area (Å²) < 4.78 is 4.98. The van der Waals surface area contributed by atoms with Crippen molar-refractivity contribution in [3.63, 3.8) is 0 Å². The second-order valence-electron chi connectivity index (χ2n) is 4.75. The first kappa shape index (κ1) is 15.1. The molecule has 0 atom stereocenters. The molecule has 0 aliphatic rings. The maximum atomic E-state index is 10.9. The van der Waals surface area contributed by atoms with Gasteiger partial charge in [-0.2, -0.15) is 4.98 Å². The molecule has 122 valence electrons. The number of aromatic nitrogens is 2. The van der Waals surface area contributed by atoms with E-state index in [9.17, 15) is 30.5 Å². The summed E-state index contributed by atoms with van der Waals surface area (Å²) in [6.45, 7) is 0. The van der Waals surface area contributed by atoms with Crippen LogP contribution in [0, 0.1) is 10.1 Å². The van der Waals surface area contributed by atoms with Gasteiger partial charge in [-0.3, -0.25) is 10.1 Å². The van der Waals surface area contributed by atoms with Crippen LogP contribution in [0.5, 0.6) is 23.0 Å². The van der Waals surface area contributed by atoms with Crippen molar-refractivity contribution in [1.82, 2.24) is 10.1 Å². The van der Waals surface area contributed by atoms with E-state index in [1.807, 2.05) is 0 Å². The first-order valence-corrected chi connectivity index (χ1v) is 6.43. The molecule has 0 spiro atoms. The van der Waals surface area contributed by atoms with E-state index in [4.69, 9.17) is 4.52 Å². The van der Waals surface area contributed by atoms with E-state index in [1.54, 1.807) is 0 Å². The van der Waals surface area contributed by atoms with Crippen LogP contribution in [-0.2, 0) is 0 Å². The SMILES string of the molecule is O=[N+]([O-])c1cc(-c2nc(-c3ccc(O)c(O)c3)no2)cc(O)c1O. The largest absolute Gasteiger partial charge is 0.504 e. The van der Waals surface area contributed by atoms with Gasteiger partial charge in [0.05, 0.1) is 10.5 Å². The molecule has 0 saturated heterocycles. The van der Waals surface area contributed by atoms with E-state index in [0.717, 1.165) is 12.1 Å². The number of nitrogens with zero attached hydrogens (tertiary/aromatic N) is 3. The maximum absolute atomic E-state index is 10.9. The fraction of sp³-hybridized carbons (Fsp3) is 0. The third-order valence-electron chi connectivity index (χ3n) is 3.17. The summed E-state index contributed by atoms with van der Waals surface area (Å²) in [5.41, 5.74) is -0.358. The number of rotatable bonds is 3. The zero-order valence-corrected chi connectivity index (χ0v) is 11.7. The number of phenolic OH excluding ortho intramolecular Hbond substituents is 4. The number of nitro groups is 1. The molecule has 1 aromatic heterocycles. The highest BCUT2D eigenvalue weighted by Crippen LogP contribution is 2.39. The van der Waals surface area contributed by atoms with Gasteiger partial charge in [0.25, 0.3) is 5.89 Å². The predicted octanol–water partition coefficient (Wildman–Crippen LogP) is 2.13. The Morgan fingerprint density at radius 3 is 2.33 bits per heavy atom. The summed E-state index contributed by atoms with van der Waals surface area (Å²) in [6.07, 6.45) is 0. The minimum atomic E-state index is -0.869. The molecule has 0 aliphatic carbocycles. The van der Waals surface area contributed by atoms with Crippen LogP contribution in [0.4, 0.5) is 5.69 Å². The summed E-state index contributed by atoms with van der Waals surface area (Å²) in [5.74, 6) is -2.36. The molecule has 0 radical (unpaired) electrons. The molecule has 3 aromatic rings. The average molecular weight is 331 g/mol. The van der Waals surface area contributed by atoms with E-state index >= 15 is 0 Å². The lowest BCUT2D eigenvalue weighted by Crippen LogP contribution is -1.90. The summed E-state index contributed by atoms with van der Waals surface area (Å²) in [4.78, 5) is 14.0. The number of nitro benzene ring substituents is 1. The van der Waals surface area contributed by atoms with Crippen LogP contribution in [0.15, 0.2) is 34.9 Å². The van der Waals surface area contributed by atoms with Crippen LogP contribution < -0.4 is 0 Å². The van der Waals surface area contributed by atoms with Crippen LogP contribution in [0.1, 0.15) is 0 Å². The van der Waals surface area contributed by atoms with Gasteiger partial charge in [0.2, 0.25) is 11.6 Å². The molecular formula is C14H9N3O7. The van der Waals surface area contributed by atoms with Gasteiger partial charge >= 0.3 is 5.69 Å². The van der Waals surface area contributed by atoms with Crippen molar-refractivity contribution in [3.05, 3.63) is 40.4 Å². The van der Waals surface area contributed by atoms with Crippen molar-refractivity contribution in [2.45, 2.75) is 0 Å². The van der Waals surface area contributed by atoms with Gasteiger partial charge in [0.15, 0.2) is 17.2 Å². The second kappa shape index (κ2) is 5.43. The zero-order chi connectivity index (χ0) is 17.4. The quantitative estimate of drug-likeness (QED) is 0.320. The van der Waals surface area contributed by atoms with Crippen LogP contribution >= 0.6 is 0 Å². The van der Waals surface area contributed by atoms with Gasteiger partial charge in [-0.15, -0.1) is 0 Å². The van der Waals surface area contributed by atoms with Crippen LogP contribution in [0.2, 0.25) is 0 Å². The standard InChI is InChI=1S/C14H9N3O7/c18-9-2-1-6(4-10(9)19)13-15-14(24-16-13)7-3-8(17(22)23)12(21)11(20)5-7/h1-5,18-21H. The smallest absolute Gasteiger partial charge is 0.315 e. The van der Waals surface area contributed by atoms with Gasteiger partial charge in [0, 0.05) is 11.6 Å². The molecule has 0 saturated carbocycles. The lowest BCUT2D eigenvalue weighted by molar-refractivity contribution is -0.385. The highest BCUT2D eigenvalue weighted by molar-refractivity contribution is 5.69. The maximum Gasteiger partial charge on any atom is 0.315 e. The molecule has 0 fully saturated rings.